The van der Waals surface area contributed by atoms with Crippen molar-refractivity contribution in [2.24, 2.45) is 5.92 Å². The van der Waals surface area contributed by atoms with E-state index < -0.39 is 0 Å². The van der Waals surface area contributed by atoms with Gasteiger partial charge in [0.1, 0.15) is 11.9 Å². The van der Waals surface area contributed by atoms with Crippen molar-refractivity contribution in [2.75, 3.05) is 13.1 Å². The molecule has 0 saturated heterocycles. The number of pyridine rings is 1. The normalized spacial score (nSPS) is 18.8. The molecule has 0 radical (unpaired) electrons. The molecule has 1 aliphatic carbocycles. The highest BCUT2D eigenvalue weighted by atomic mass is 16.5. The first-order valence-electron chi connectivity index (χ1n) is 9.15. The summed E-state index contributed by atoms with van der Waals surface area (Å²) in [6, 6.07) is 5.65. The summed E-state index contributed by atoms with van der Waals surface area (Å²) in [7, 11) is 0. The third-order valence-corrected chi connectivity index (χ3v) is 4.80. The van der Waals surface area contributed by atoms with Crippen molar-refractivity contribution in [3.05, 3.63) is 42.0 Å². The van der Waals surface area contributed by atoms with E-state index in [-0.39, 0.29) is 12.0 Å². The predicted molar refractivity (Wildman–Crippen MR) is 93.5 cm³/mol. The molecule has 1 aliphatic heterocycles. The number of nitrogens with zero attached hydrogens (tertiary/aromatic N) is 4. The first kappa shape index (κ1) is 16.1. The van der Waals surface area contributed by atoms with Crippen LogP contribution in [0.25, 0.3) is 0 Å². The predicted octanol–water partition coefficient (Wildman–Crippen LogP) is 2.54. The van der Waals surface area contributed by atoms with E-state index in [4.69, 9.17) is 4.74 Å². The number of rotatable bonds is 7. The highest BCUT2D eigenvalue weighted by molar-refractivity contribution is 5.92. The summed E-state index contributed by atoms with van der Waals surface area (Å²) in [6.45, 7) is 4.48. The highest BCUT2D eigenvalue weighted by Gasteiger charge is 2.30. The lowest BCUT2D eigenvalue weighted by Crippen LogP contribution is -2.34. The van der Waals surface area contributed by atoms with Crippen LogP contribution in [0.4, 0.5) is 0 Å². The smallest absolute Gasteiger partial charge is 0.274 e. The maximum Gasteiger partial charge on any atom is 0.274 e. The van der Waals surface area contributed by atoms with Crippen molar-refractivity contribution in [1.82, 2.24) is 19.7 Å². The van der Waals surface area contributed by atoms with Crippen molar-refractivity contribution in [3.8, 4) is 5.75 Å². The van der Waals surface area contributed by atoms with Gasteiger partial charge in [0.05, 0.1) is 6.54 Å². The zero-order valence-corrected chi connectivity index (χ0v) is 14.6. The molecule has 0 aromatic carbocycles. The lowest BCUT2D eigenvalue weighted by atomic mass is 10.2. The molecule has 2 aliphatic rings. The first-order valence-corrected chi connectivity index (χ1v) is 9.15. The molecule has 6 heteroatoms. The van der Waals surface area contributed by atoms with E-state index in [0.29, 0.717) is 18.2 Å². The molecule has 0 N–H and O–H groups in total. The standard InChI is InChI=1S/C19H24N4O2/c1-2-9-22(12-14-3-4-14)19(24)18-11-15-10-17(13-23(15)21-18)25-16-5-7-20-8-6-16/h5-8,11,14,17H,2-4,9-10,12-13H2,1H3/t17-/m0/s1. The lowest BCUT2D eigenvalue weighted by Gasteiger charge is -2.21. The van der Waals surface area contributed by atoms with Crippen molar-refractivity contribution in [3.63, 3.8) is 0 Å². The minimum Gasteiger partial charge on any atom is -0.488 e. The summed E-state index contributed by atoms with van der Waals surface area (Å²) in [5.41, 5.74) is 1.65. The number of ether oxygens (including phenoxy) is 1. The van der Waals surface area contributed by atoms with Crippen LogP contribution in [0, 0.1) is 5.92 Å². The van der Waals surface area contributed by atoms with Gasteiger partial charge in [0.15, 0.2) is 5.69 Å². The third-order valence-electron chi connectivity index (χ3n) is 4.80. The van der Waals surface area contributed by atoms with Gasteiger partial charge in [0, 0.05) is 37.6 Å². The topological polar surface area (TPSA) is 60.2 Å². The van der Waals surface area contributed by atoms with E-state index in [1.54, 1.807) is 12.4 Å². The molecule has 6 nitrogen and oxygen atoms in total. The Morgan fingerprint density at radius 2 is 2.16 bits per heavy atom. The maximum absolute atomic E-state index is 12.8. The molecule has 1 atom stereocenters. The Labute approximate surface area is 147 Å². The van der Waals surface area contributed by atoms with Crippen LogP contribution in [0.3, 0.4) is 0 Å². The average molecular weight is 340 g/mol. The summed E-state index contributed by atoms with van der Waals surface area (Å²) in [5.74, 6) is 1.59. The molecule has 132 valence electrons. The Morgan fingerprint density at radius 3 is 2.84 bits per heavy atom. The van der Waals surface area contributed by atoms with Gasteiger partial charge in [0.2, 0.25) is 0 Å². The largest absolute Gasteiger partial charge is 0.488 e. The van der Waals surface area contributed by atoms with Gasteiger partial charge in [0.25, 0.3) is 5.91 Å². The van der Waals surface area contributed by atoms with E-state index >= 15 is 0 Å². The zero-order chi connectivity index (χ0) is 17.2. The SMILES string of the molecule is CCCN(CC1CC1)C(=O)c1cc2n(n1)C[C@@H](Oc1ccncc1)C2. The molecular weight excluding hydrogens is 316 g/mol. The molecule has 0 spiro atoms. The van der Waals surface area contributed by atoms with Gasteiger partial charge in [-0.3, -0.25) is 14.5 Å². The Balaban J connectivity index is 1.40. The second kappa shape index (κ2) is 6.86. The van der Waals surface area contributed by atoms with Crippen LogP contribution in [0.2, 0.25) is 0 Å². The van der Waals surface area contributed by atoms with Gasteiger partial charge >= 0.3 is 0 Å². The summed E-state index contributed by atoms with van der Waals surface area (Å²) < 4.78 is 7.88. The zero-order valence-electron chi connectivity index (χ0n) is 14.6. The fourth-order valence-electron chi connectivity index (χ4n) is 3.38. The second-order valence-electron chi connectivity index (χ2n) is 7.02. The van der Waals surface area contributed by atoms with E-state index in [1.165, 1.54) is 12.8 Å². The monoisotopic (exact) mass is 340 g/mol. The summed E-state index contributed by atoms with van der Waals surface area (Å²) in [6.07, 6.45) is 7.77. The number of amides is 1. The van der Waals surface area contributed by atoms with Crippen molar-refractivity contribution in [2.45, 2.75) is 45.3 Å². The minimum atomic E-state index is 0.0623. The van der Waals surface area contributed by atoms with Gasteiger partial charge in [-0.2, -0.15) is 5.10 Å². The van der Waals surface area contributed by atoms with Crippen LogP contribution >= 0.6 is 0 Å². The Hall–Kier alpha value is -2.37. The quantitative estimate of drug-likeness (QED) is 0.777. The molecule has 1 fully saturated rings. The van der Waals surface area contributed by atoms with Gasteiger partial charge in [-0.25, -0.2) is 0 Å². The molecule has 2 aromatic heterocycles. The van der Waals surface area contributed by atoms with Crippen molar-refractivity contribution >= 4 is 5.91 Å². The number of aromatic nitrogens is 3. The Kier molecular flexibility index (Phi) is 4.42. The van der Waals surface area contributed by atoms with Crippen molar-refractivity contribution < 1.29 is 9.53 Å². The minimum absolute atomic E-state index is 0.0623. The van der Waals surface area contributed by atoms with Gasteiger partial charge < -0.3 is 9.64 Å². The molecule has 0 bridgehead atoms. The first-order chi connectivity index (χ1) is 12.2. The number of carbonyl (C=O) groups is 1. The van der Waals surface area contributed by atoms with E-state index in [0.717, 1.165) is 37.4 Å². The molecule has 2 aromatic rings. The summed E-state index contributed by atoms with van der Waals surface area (Å²) in [4.78, 5) is 18.8. The number of carbonyl (C=O) groups excluding carboxylic acids is 1. The van der Waals surface area contributed by atoms with E-state index in [1.807, 2.05) is 27.8 Å². The maximum atomic E-state index is 12.8. The van der Waals surface area contributed by atoms with Crippen LogP contribution in [0.5, 0.6) is 5.75 Å². The van der Waals surface area contributed by atoms with Gasteiger partial charge in [-0.05, 0) is 43.4 Å². The van der Waals surface area contributed by atoms with Crippen LogP contribution in [0.15, 0.2) is 30.6 Å². The molecule has 1 amide bonds. The Bertz CT molecular complexity index is 716. The molecule has 4 rings (SSSR count). The molecule has 1 saturated carbocycles. The second-order valence-corrected chi connectivity index (χ2v) is 7.02. The number of hydrogen-bond donors (Lipinski definition) is 0. The van der Waals surface area contributed by atoms with Crippen LogP contribution in [-0.2, 0) is 13.0 Å². The van der Waals surface area contributed by atoms with Crippen LogP contribution < -0.4 is 4.74 Å². The molecular formula is C19H24N4O2. The fraction of sp³-hybridized carbons (Fsp3) is 0.526. The summed E-state index contributed by atoms with van der Waals surface area (Å²) in [5, 5.41) is 4.55. The third kappa shape index (κ3) is 3.67. The van der Waals surface area contributed by atoms with E-state index in [9.17, 15) is 4.79 Å². The van der Waals surface area contributed by atoms with E-state index in [2.05, 4.69) is 17.0 Å². The van der Waals surface area contributed by atoms with Gasteiger partial charge in [-0.15, -0.1) is 0 Å². The van der Waals surface area contributed by atoms with Crippen LogP contribution in [0.1, 0.15) is 42.4 Å². The average Bonchev–Trinajstić information content (AvgIpc) is 3.23. The molecule has 3 heterocycles. The van der Waals surface area contributed by atoms with Crippen molar-refractivity contribution in [1.29, 1.82) is 0 Å². The molecule has 25 heavy (non-hydrogen) atoms. The highest BCUT2D eigenvalue weighted by Crippen LogP contribution is 2.30. The number of hydrogen-bond acceptors (Lipinski definition) is 4. The van der Waals surface area contributed by atoms with Crippen LogP contribution in [-0.4, -0.2) is 44.8 Å². The summed E-state index contributed by atoms with van der Waals surface area (Å²) >= 11 is 0. The fourth-order valence-corrected chi connectivity index (χ4v) is 3.38. The Morgan fingerprint density at radius 1 is 1.36 bits per heavy atom. The molecule has 0 unspecified atom stereocenters. The number of fused-ring (bicyclic) bond motifs is 1. The van der Waals surface area contributed by atoms with Gasteiger partial charge in [-0.1, -0.05) is 6.92 Å². The lowest BCUT2D eigenvalue weighted by molar-refractivity contribution is 0.0740.